The minimum atomic E-state index is -5.25. The summed E-state index contributed by atoms with van der Waals surface area (Å²) in [5.41, 5.74) is 0. The maximum Gasteiger partial charge on any atom is 0.470 e. The average molecular weight is 906 g/mol. The maximum absolute atomic E-state index is 13.5. The second kappa shape index (κ2) is 38.6. The van der Waals surface area contributed by atoms with E-state index >= 15 is 0 Å². The molecule has 1 amide bonds. The number of amides is 1. The van der Waals surface area contributed by atoms with Crippen LogP contribution in [0.2, 0.25) is 0 Å². The SMILES string of the molecule is CCCCCCCCCCCCCC(=O)O[C@H]1O[C@H](CO)[C@@H](OP(=O)(O)O)[C@H](OC(=O)CCCCCCCCCCCCC)[C@H]1NC(=O)C[C@H](O)CCCCCCCCCCC. The number of carbonyl (C=O) groups is 3. The number of aliphatic hydroxyl groups is 2. The number of hydrogen-bond acceptors (Lipinski definition) is 10. The van der Waals surface area contributed by atoms with Gasteiger partial charge in [-0.05, 0) is 19.3 Å². The number of nitrogens with one attached hydrogen (secondary N) is 1. The monoisotopic (exact) mass is 906 g/mol. The molecular formula is C48H92NO12P. The Bertz CT molecular complexity index is 1160. The average Bonchev–Trinajstić information content (AvgIpc) is 3.22. The van der Waals surface area contributed by atoms with E-state index in [1.165, 1.54) is 109 Å². The van der Waals surface area contributed by atoms with E-state index in [1.807, 2.05) is 0 Å². The Labute approximate surface area is 376 Å². The number of rotatable bonds is 42. The molecule has 0 aromatic carbocycles. The zero-order valence-electron chi connectivity index (χ0n) is 39.4. The van der Waals surface area contributed by atoms with Crippen LogP contribution in [0.3, 0.4) is 0 Å². The van der Waals surface area contributed by atoms with Gasteiger partial charge in [-0.1, -0.05) is 207 Å². The van der Waals surface area contributed by atoms with E-state index < -0.39 is 69.0 Å². The number of hydrogen-bond donors (Lipinski definition) is 5. The largest absolute Gasteiger partial charge is 0.470 e. The molecule has 14 heteroatoms. The first kappa shape index (κ1) is 58.4. The fraction of sp³-hybridized carbons (Fsp3) is 0.938. The lowest BCUT2D eigenvalue weighted by atomic mass is 9.96. The Hall–Kier alpha value is -1.60. The first-order chi connectivity index (χ1) is 29.9. The van der Waals surface area contributed by atoms with Crippen LogP contribution in [0.15, 0.2) is 0 Å². The molecule has 62 heavy (non-hydrogen) atoms. The van der Waals surface area contributed by atoms with E-state index in [9.17, 15) is 38.9 Å². The molecule has 0 unspecified atom stereocenters. The molecule has 0 spiro atoms. The summed E-state index contributed by atoms with van der Waals surface area (Å²) in [6, 6.07) is -1.45. The van der Waals surface area contributed by atoms with Gasteiger partial charge in [0.25, 0.3) is 0 Å². The number of esters is 2. The third-order valence-corrected chi connectivity index (χ3v) is 12.5. The standard InChI is InChI=1S/C48H92NO12P/c1-4-7-10-13-16-19-21-24-27-30-33-36-43(53)59-47-45(49-42(52)38-40(51)35-32-29-26-23-18-15-12-9-6-3)48(58-41(39-50)46(47)61-62(55,56)57)60-44(54)37-34-31-28-25-22-20-17-14-11-8-5-2/h40-41,45-48,50-51H,4-39H2,1-3H3,(H,49,52)(H2,55,56,57)/t40-,41-,45-,46-,47-,48-/m1/s1. The van der Waals surface area contributed by atoms with Crippen molar-refractivity contribution in [3.05, 3.63) is 0 Å². The maximum atomic E-state index is 13.5. The van der Waals surface area contributed by atoms with Crippen LogP contribution in [0.5, 0.6) is 0 Å². The van der Waals surface area contributed by atoms with Crippen LogP contribution in [0.4, 0.5) is 0 Å². The molecule has 0 bridgehead atoms. The van der Waals surface area contributed by atoms with Crippen LogP contribution >= 0.6 is 7.82 Å². The van der Waals surface area contributed by atoms with Gasteiger partial charge in [-0.15, -0.1) is 0 Å². The van der Waals surface area contributed by atoms with Gasteiger partial charge in [-0.2, -0.15) is 0 Å². The summed E-state index contributed by atoms with van der Waals surface area (Å²) in [5.74, 6) is -1.98. The first-order valence-corrected chi connectivity index (χ1v) is 26.8. The van der Waals surface area contributed by atoms with E-state index in [1.54, 1.807) is 0 Å². The molecule has 13 nitrogen and oxygen atoms in total. The molecule has 1 heterocycles. The Balaban J connectivity index is 2.97. The summed E-state index contributed by atoms with van der Waals surface area (Å²) in [5, 5.41) is 23.8. The Morgan fingerprint density at radius 3 is 1.32 bits per heavy atom. The molecule has 0 saturated carbocycles. The molecule has 1 aliphatic heterocycles. The predicted molar refractivity (Wildman–Crippen MR) is 245 cm³/mol. The van der Waals surface area contributed by atoms with Crippen LogP contribution in [-0.2, 0) is 37.7 Å². The van der Waals surface area contributed by atoms with Gasteiger partial charge in [0, 0.05) is 12.8 Å². The third kappa shape index (κ3) is 31.3. The number of ether oxygens (including phenoxy) is 3. The summed E-state index contributed by atoms with van der Waals surface area (Å²) in [4.78, 5) is 59.8. The predicted octanol–water partition coefficient (Wildman–Crippen LogP) is 11.2. The second-order valence-corrected chi connectivity index (χ2v) is 19.1. The highest BCUT2D eigenvalue weighted by atomic mass is 31.2. The molecule has 1 aliphatic rings. The van der Waals surface area contributed by atoms with E-state index in [0.717, 1.165) is 77.0 Å². The van der Waals surface area contributed by atoms with Gasteiger partial charge >= 0.3 is 19.8 Å². The fourth-order valence-electron chi connectivity index (χ4n) is 8.25. The van der Waals surface area contributed by atoms with Crippen LogP contribution in [-0.4, -0.2) is 81.2 Å². The van der Waals surface area contributed by atoms with Crippen molar-refractivity contribution in [1.29, 1.82) is 0 Å². The van der Waals surface area contributed by atoms with Gasteiger partial charge in [-0.25, -0.2) is 4.57 Å². The molecular weight excluding hydrogens is 813 g/mol. The van der Waals surface area contributed by atoms with Crippen LogP contribution < -0.4 is 5.32 Å². The molecule has 0 aromatic rings. The third-order valence-electron chi connectivity index (χ3n) is 12.0. The van der Waals surface area contributed by atoms with Gasteiger partial charge in [-0.3, -0.25) is 18.9 Å². The van der Waals surface area contributed by atoms with Gasteiger partial charge in [0.15, 0.2) is 6.10 Å². The molecule has 0 radical (unpaired) electrons. The number of phosphoric acid groups is 1. The van der Waals surface area contributed by atoms with Crippen molar-refractivity contribution in [3.63, 3.8) is 0 Å². The van der Waals surface area contributed by atoms with Gasteiger partial charge in [0.05, 0.1) is 19.1 Å². The Morgan fingerprint density at radius 1 is 0.565 bits per heavy atom. The van der Waals surface area contributed by atoms with Gasteiger partial charge < -0.3 is 39.5 Å². The molecule has 1 rings (SSSR count). The van der Waals surface area contributed by atoms with Crippen molar-refractivity contribution >= 4 is 25.7 Å². The highest BCUT2D eigenvalue weighted by Crippen LogP contribution is 2.42. The van der Waals surface area contributed by atoms with Crippen molar-refractivity contribution in [2.75, 3.05) is 6.61 Å². The lowest BCUT2D eigenvalue weighted by molar-refractivity contribution is -0.264. The number of carbonyl (C=O) groups excluding carboxylic acids is 3. The smallest absolute Gasteiger partial charge is 0.457 e. The van der Waals surface area contributed by atoms with Crippen LogP contribution in [0, 0.1) is 0 Å². The first-order valence-electron chi connectivity index (χ1n) is 25.3. The summed E-state index contributed by atoms with van der Waals surface area (Å²) in [6.45, 7) is 5.79. The van der Waals surface area contributed by atoms with Crippen LogP contribution in [0.25, 0.3) is 0 Å². The Morgan fingerprint density at radius 2 is 0.935 bits per heavy atom. The molecule has 0 aliphatic carbocycles. The minimum Gasteiger partial charge on any atom is -0.457 e. The molecule has 6 atom stereocenters. The van der Waals surface area contributed by atoms with Gasteiger partial charge in [0.2, 0.25) is 12.2 Å². The second-order valence-electron chi connectivity index (χ2n) is 17.9. The van der Waals surface area contributed by atoms with E-state index in [0.29, 0.717) is 19.3 Å². The van der Waals surface area contributed by atoms with E-state index in [-0.39, 0.29) is 19.3 Å². The molecule has 366 valence electrons. The lowest BCUT2D eigenvalue weighted by Crippen LogP contribution is -2.66. The summed E-state index contributed by atoms with van der Waals surface area (Å²) in [6.07, 6.45) is 26.8. The molecule has 0 aromatic heterocycles. The van der Waals surface area contributed by atoms with E-state index in [4.69, 9.17) is 18.7 Å². The highest BCUT2D eigenvalue weighted by molar-refractivity contribution is 7.46. The topological polar surface area (TPSA) is 198 Å². The van der Waals surface area contributed by atoms with Crippen molar-refractivity contribution in [2.45, 2.75) is 282 Å². The quantitative estimate of drug-likeness (QED) is 0.0221. The summed E-state index contributed by atoms with van der Waals surface area (Å²) >= 11 is 0. The Kier molecular flexibility index (Phi) is 36.4. The van der Waals surface area contributed by atoms with Gasteiger partial charge in [0.1, 0.15) is 18.2 Å². The van der Waals surface area contributed by atoms with Crippen molar-refractivity contribution < 1.29 is 57.7 Å². The lowest BCUT2D eigenvalue weighted by Gasteiger charge is -2.44. The molecule has 5 N–H and O–H groups in total. The summed E-state index contributed by atoms with van der Waals surface area (Å²) < 4.78 is 34.7. The number of unbranched alkanes of at least 4 members (excludes halogenated alkanes) is 28. The van der Waals surface area contributed by atoms with Crippen molar-refractivity contribution in [2.24, 2.45) is 0 Å². The summed E-state index contributed by atoms with van der Waals surface area (Å²) in [7, 11) is -5.25. The minimum absolute atomic E-state index is 0.00221. The van der Waals surface area contributed by atoms with E-state index in [2.05, 4.69) is 26.1 Å². The van der Waals surface area contributed by atoms with Crippen molar-refractivity contribution in [3.8, 4) is 0 Å². The zero-order valence-corrected chi connectivity index (χ0v) is 40.3. The normalized spacial score (nSPS) is 19.6. The molecule has 1 saturated heterocycles. The number of phosphoric ester groups is 1. The highest BCUT2D eigenvalue weighted by Gasteiger charge is 2.53. The van der Waals surface area contributed by atoms with Crippen LogP contribution in [0.1, 0.15) is 245 Å². The number of aliphatic hydroxyl groups excluding tert-OH is 2. The van der Waals surface area contributed by atoms with Crippen molar-refractivity contribution in [1.82, 2.24) is 5.32 Å². The zero-order chi connectivity index (χ0) is 45.7. The molecule has 1 fully saturated rings. The fourth-order valence-corrected chi connectivity index (χ4v) is 8.82.